The maximum absolute atomic E-state index is 14.3. The van der Waals surface area contributed by atoms with Gasteiger partial charge in [-0.15, -0.1) is 24.0 Å². The highest BCUT2D eigenvalue weighted by atomic mass is 127. The van der Waals surface area contributed by atoms with Gasteiger partial charge in [-0.2, -0.15) is 0 Å². The van der Waals surface area contributed by atoms with Crippen molar-refractivity contribution in [2.45, 2.75) is 32.7 Å². The summed E-state index contributed by atoms with van der Waals surface area (Å²) in [7, 11) is 1.58. The number of halogens is 2. The number of guanidine groups is 1. The molecule has 164 valence electrons. The van der Waals surface area contributed by atoms with E-state index in [1.807, 2.05) is 19.9 Å². The molecule has 1 aliphatic rings. The van der Waals surface area contributed by atoms with Gasteiger partial charge in [0.2, 0.25) is 5.91 Å². The summed E-state index contributed by atoms with van der Waals surface area (Å²) in [5.41, 5.74) is 0.770. The lowest BCUT2D eigenvalue weighted by atomic mass is 10.1. The number of carbonyl (C=O) groups is 1. The van der Waals surface area contributed by atoms with Gasteiger partial charge < -0.3 is 25.4 Å². The van der Waals surface area contributed by atoms with Crippen molar-refractivity contribution < 1.29 is 18.7 Å². The molecule has 7 nitrogen and oxygen atoms in total. The van der Waals surface area contributed by atoms with Gasteiger partial charge in [-0.05, 0) is 50.3 Å². The molecule has 1 aromatic carbocycles. The van der Waals surface area contributed by atoms with Gasteiger partial charge in [0.25, 0.3) is 0 Å². The number of nitrogens with one attached hydrogen (secondary N) is 3. The molecular weight excluding hydrogens is 490 g/mol. The maximum Gasteiger partial charge on any atom is 0.241 e. The second kappa shape index (κ2) is 13.6. The second-order valence-electron chi connectivity index (χ2n) is 6.85. The van der Waals surface area contributed by atoms with E-state index in [0.717, 1.165) is 18.4 Å². The summed E-state index contributed by atoms with van der Waals surface area (Å²) in [4.78, 5) is 16.1. The SMILES string of the molecule is CCNC(=NCC(=O)NCCOC)NC(C)c1ccc(OCC2CC2)c(F)c1.I. The van der Waals surface area contributed by atoms with Crippen LogP contribution in [0.15, 0.2) is 23.2 Å². The van der Waals surface area contributed by atoms with Gasteiger partial charge in [0.15, 0.2) is 17.5 Å². The molecule has 1 aliphatic carbocycles. The van der Waals surface area contributed by atoms with Crippen molar-refractivity contribution >= 4 is 35.8 Å². The lowest BCUT2D eigenvalue weighted by Crippen LogP contribution is -2.40. The molecule has 1 saturated carbocycles. The minimum atomic E-state index is -0.369. The van der Waals surface area contributed by atoms with Crippen LogP contribution in [0.3, 0.4) is 0 Å². The van der Waals surface area contributed by atoms with Gasteiger partial charge in [-0.3, -0.25) is 4.79 Å². The number of nitrogens with zero attached hydrogens (tertiary/aromatic N) is 1. The molecule has 1 atom stereocenters. The first-order chi connectivity index (χ1) is 13.5. The highest BCUT2D eigenvalue weighted by Crippen LogP contribution is 2.30. The molecule has 0 radical (unpaired) electrons. The van der Waals surface area contributed by atoms with Gasteiger partial charge in [0.1, 0.15) is 6.54 Å². The van der Waals surface area contributed by atoms with Crippen LogP contribution in [0.4, 0.5) is 4.39 Å². The van der Waals surface area contributed by atoms with Crippen LogP contribution in [0.25, 0.3) is 0 Å². The minimum Gasteiger partial charge on any atom is -0.490 e. The molecule has 0 bridgehead atoms. The van der Waals surface area contributed by atoms with Crippen LogP contribution < -0.4 is 20.7 Å². The third-order valence-electron chi connectivity index (χ3n) is 4.33. The van der Waals surface area contributed by atoms with Gasteiger partial charge in [0, 0.05) is 20.2 Å². The molecule has 1 unspecified atom stereocenters. The highest BCUT2D eigenvalue weighted by Gasteiger charge is 2.22. The Morgan fingerprint density at radius 2 is 2.10 bits per heavy atom. The standard InChI is InChI=1S/C20H31FN4O3.HI/c1-4-22-20(24-12-19(26)23-9-10-27-3)25-14(2)16-7-8-18(17(21)11-16)28-13-15-5-6-15;/h7-8,11,14-15H,4-6,9-10,12-13H2,1-3H3,(H,23,26)(H2,22,24,25);1H. The van der Waals surface area contributed by atoms with Crippen molar-refractivity contribution in [3.63, 3.8) is 0 Å². The van der Waals surface area contributed by atoms with E-state index in [-0.39, 0.29) is 54.0 Å². The van der Waals surface area contributed by atoms with E-state index >= 15 is 0 Å². The molecule has 2 rings (SSSR count). The van der Waals surface area contributed by atoms with Crippen molar-refractivity contribution in [2.75, 3.05) is 40.0 Å². The number of amides is 1. The quantitative estimate of drug-likeness (QED) is 0.180. The number of hydrogen-bond donors (Lipinski definition) is 3. The lowest BCUT2D eigenvalue weighted by molar-refractivity contribution is -0.119. The summed E-state index contributed by atoms with van der Waals surface area (Å²) in [6.45, 7) is 5.96. The Morgan fingerprint density at radius 1 is 1.34 bits per heavy atom. The van der Waals surface area contributed by atoms with Crippen LogP contribution in [-0.2, 0) is 9.53 Å². The summed E-state index contributed by atoms with van der Waals surface area (Å²) in [6.07, 6.45) is 2.33. The lowest BCUT2D eigenvalue weighted by Gasteiger charge is -2.19. The zero-order chi connectivity index (χ0) is 20.4. The van der Waals surface area contributed by atoms with Crippen molar-refractivity contribution in [3.8, 4) is 5.75 Å². The first-order valence-electron chi connectivity index (χ1n) is 9.76. The molecular formula is C20H32FIN4O3. The number of ether oxygens (including phenoxy) is 2. The Bertz CT molecular complexity index is 671. The van der Waals surface area contributed by atoms with Crippen LogP contribution in [-0.4, -0.2) is 51.8 Å². The van der Waals surface area contributed by atoms with Gasteiger partial charge >= 0.3 is 0 Å². The monoisotopic (exact) mass is 522 g/mol. The fraction of sp³-hybridized carbons (Fsp3) is 0.600. The largest absolute Gasteiger partial charge is 0.490 e. The normalized spacial score (nSPS) is 14.6. The van der Waals surface area contributed by atoms with Crippen LogP contribution >= 0.6 is 24.0 Å². The fourth-order valence-electron chi connectivity index (χ4n) is 2.50. The molecule has 0 aliphatic heterocycles. The molecule has 1 aromatic rings. The van der Waals surface area contributed by atoms with Gasteiger partial charge in [-0.25, -0.2) is 9.38 Å². The minimum absolute atomic E-state index is 0. The van der Waals surface area contributed by atoms with Crippen LogP contribution in [0.1, 0.15) is 38.3 Å². The van der Waals surface area contributed by atoms with E-state index in [0.29, 0.717) is 38.2 Å². The number of methoxy groups -OCH3 is 1. The Balaban J connectivity index is 0.00000420. The Kier molecular flexibility index (Phi) is 11.9. The van der Waals surface area contributed by atoms with Crippen molar-refractivity contribution in [1.82, 2.24) is 16.0 Å². The molecule has 1 amide bonds. The smallest absolute Gasteiger partial charge is 0.241 e. The Hall–Kier alpha value is -1.62. The Morgan fingerprint density at radius 3 is 2.72 bits per heavy atom. The zero-order valence-electron chi connectivity index (χ0n) is 17.3. The molecule has 9 heteroatoms. The zero-order valence-corrected chi connectivity index (χ0v) is 19.6. The molecule has 0 aromatic heterocycles. The topological polar surface area (TPSA) is 84.0 Å². The molecule has 0 heterocycles. The average molecular weight is 522 g/mol. The molecule has 1 fully saturated rings. The number of benzene rings is 1. The molecule has 3 N–H and O–H groups in total. The van der Waals surface area contributed by atoms with Crippen LogP contribution in [0, 0.1) is 11.7 Å². The van der Waals surface area contributed by atoms with E-state index in [4.69, 9.17) is 9.47 Å². The van der Waals surface area contributed by atoms with E-state index < -0.39 is 0 Å². The summed E-state index contributed by atoms with van der Waals surface area (Å²) >= 11 is 0. The average Bonchev–Trinajstić information content (AvgIpc) is 3.50. The third-order valence-corrected chi connectivity index (χ3v) is 4.33. The summed E-state index contributed by atoms with van der Waals surface area (Å²) in [5, 5.41) is 8.99. The molecule has 0 saturated heterocycles. The Labute approximate surface area is 189 Å². The van der Waals surface area contributed by atoms with Crippen LogP contribution in [0.2, 0.25) is 0 Å². The first-order valence-corrected chi connectivity index (χ1v) is 9.76. The van der Waals surface area contributed by atoms with Crippen molar-refractivity contribution in [2.24, 2.45) is 10.9 Å². The number of hydrogen-bond acceptors (Lipinski definition) is 4. The van der Waals surface area contributed by atoms with E-state index in [1.54, 1.807) is 13.2 Å². The first kappa shape index (κ1) is 25.4. The molecule has 0 spiro atoms. The van der Waals surface area contributed by atoms with E-state index in [1.165, 1.54) is 6.07 Å². The second-order valence-corrected chi connectivity index (χ2v) is 6.85. The van der Waals surface area contributed by atoms with Crippen molar-refractivity contribution in [3.05, 3.63) is 29.6 Å². The number of carbonyl (C=O) groups excluding carboxylic acids is 1. The predicted octanol–water partition coefficient (Wildman–Crippen LogP) is 2.61. The summed E-state index contributed by atoms with van der Waals surface area (Å²) in [6, 6.07) is 4.78. The molecule has 29 heavy (non-hydrogen) atoms. The summed E-state index contributed by atoms with van der Waals surface area (Å²) in [5.74, 6) is 0.796. The maximum atomic E-state index is 14.3. The van der Waals surface area contributed by atoms with Gasteiger partial charge in [-0.1, -0.05) is 6.07 Å². The van der Waals surface area contributed by atoms with Crippen molar-refractivity contribution in [1.29, 1.82) is 0 Å². The third kappa shape index (κ3) is 9.62. The fourth-order valence-corrected chi connectivity index (χ4v) is 2.50. The van der Waals surface area contributed by atoms with E-state index in [9.17, 15) is 9.18 Å². The predicted molar refractivity (Wildman–Crippen MR) is 122 cm³/mol. The number of rotatable bonds is 11. The highest BCUT2D eigenvalue weighted by molar-refractivity contribution is 14.0. The summed E-state index contributed by atoms with van der Waals surface area (Å²) < 4.78 is 24.7. The van der Waals surface area contributed by atoms with Crippen LogP contribution in [0.5, 0.6) is 5.75 Å². The number of aliphatic imine (C=N–C) groups is 1. The van der Waals surface area contributed by atoms with E-state index in [2.05, 4.69) is 20.9 Å². The van der Waals surface area contributed by atoms with Gasteiger partial charge in [0.05, 0.1) is 19.3 Å².